The van der Waals surface area contributed by atoms with E-state index < -0.39 is 144 Å². The first kappa shape index (κ1) is 76.0. The zero-order valence-electron chi connectivity index (χ0n) is 54.2. The van der Waals surface area contributed by atoms with Gasteiger partial charge in [0, 0.05) is 18.9 Å². The molecule has 0 bridgehead atoms. The van der Waals surface area contributed by atoms with Crippen molar-refractivity contribution < 1.29 is 95.7 Å². The molecule has 2 aromatic rings. The third-order valence-electron chi connectivity index (χ3n) is 12.5. The first-order chi connectivity index (χ1) is 41.6. The fourth-order valence-electron chi connectivity index (χ4n) is 8.69. The van der Waals surface area contributed by atoms with E-state index in [4.69, 9.17) is 42.6 Å². The average molecular weight is 1260 g/mol. The summed E-state index contributed by atoms with van der Waals surface area (Å²) in [6.07, 6.45) is -3.31. The predicted molar refractivity (Wildman–Crippen MR) is 324 cm³/mol. The summed E-state index contributed by atoms with van der Waals surface area (Å²) in [6, 6.07) is 7.11. The molecule has 0 aromatic heterocycles. The minimum atomic E-state index is -1.75. The molecule has 1 aliphatic carbocycles. The van der Waals surface area contributed by atoms with Crippen LogP contribution in [0.3, 0.4) is 0 Å². The Labute approximate surface area is 522 Å². The molecule has 26 heteroatoms. The van der Waals surface area contributed by atoms with Gasteiger partial charge in [0.1, 0.15) is 59.2 Å². The van der Waals surface area contributed by atoms with E-state index in [0.717, 1.165) is 22.3 Å². The minimum Gasteiger partial charge on any atom is -0.460 e. The Morgan fingerprint density at radius 3 is 1.30 bits per heavy atom. The summed E-state index contributed by atoms with van der Waals surface area (Å²) in [5, 5.41) is 25.1. The summed E-state index contributed by atoms with van der Waals surface area (Å²) < 4.78 is 49.2. The van der Waals surface area contributed by atoms with Crippen LogP contribution in [-0.4, -0.2) is 190 Å². The molecular formula is C63H96N6O20. The lowest BCUT2D eigenvalue weighted by Gasteiger charge is -2.29. The van der Waals surface area contributed by atoms with Gasteiger partial charge in [0.05, 0.1) is 78.7 Å². The molecule has 89 heavy (non-hydrogen) atoms. The maximum Gasteiger partial charge on any atom is 0.407 e. The van der Waals surface area contributed by atoms with E-state index >= 15 is 0 Å². The van der Waals surface area contributed by atoms with Crippen molar-refractivity contribution in [2.24, 2.45) is 5.92 Å². The van der Waals surface area contributed by atoms with Crippen molar-refractivity contribution in [1.29, 1.82) is 0 Å². The van der Waals surface area contributed by atoms with E-state index in [1.165, 1.54) is 0 Å². The van der Waals surface area contributed by atoms with E-state index in [1.807, 2.05) is 48.5 Å². The smallest absolute Gasteiger partial charge is 0.407 e. The van der Waals surface area contributed by atoms with Gasteiger partial charge in [-0.15, -0.1) is 0 Å². The largest absolute Gasteiger partial charge is 0.460 e. The maximum atomic E-state index is 14.5. The van der Waals surface area contributed by atoms with Crippen LogP contribution in [0.2, 0.25) is 0 Å². The molecule has 0 fully saturated rings. The number of carbonyl (C=O) groups is 10. The van der Waals surface area contributed by atoms with Crippen molar-refractivity contribution >= 4 is 59.5 Å². The number of benzene rings is 2. The highest BCUT2D eigenvalue weighted by atomic mass is 16.6. The monoisotopic (exact) mass is 1260 g/mol. The second kappa shape index (κ2) is 36.4. The molecule has 6 amide bonds. The van der Waals surface area contributed by atoms with Gasteiger partial charge in [-0.25, -0.2) is 4.79 Å². The summed E-state index contributed by atoms with van der Waals surface area (Å²) in [4.78, 5) is 135. The molecule has 1 aliphatic rings. The van der Waals surface area contributed by atoms with E-state index in [2.05, 4.69) is 31.9 Å². The standard InChI is InChI=1S/C63H96N6O20/c1-39(2)53(58(79)66-46(35-51(73)88-62(9,10)11)56(77)67-48(37-70)54(75)64-26-28-82-30-32-84-34-33-83-31-29-81-27-25-50(72)87-61(6,7)8)69-55(76)45(23-24-49(71)86-60(3,4)5)65-57(78)47(36-52(74)89-63(12,13)14)68-59(80)85-38-44-42-21-17-15-19-40(42)41-20-16-18-22-43(41)44/h15-22,39,44-48,53,70H,23-38H2,1-14H3,(H,64,75)(H,65,78)(H,66,79)(H,67,77)(H,68,80)(H,69,76)/t45-,46-,47-,48-,53-/m0/s1. The summed E-state index contributed by atoms with van der Waals surface area (Å²) in [7, 11) is 0. The molecule has 3 rings (SSSR count). The molecule has 5 atom stereocenters. The van der Waals surface area contributed by atoms with Crippen LogP contribution in [0.25, 0.3) is 11.1 Å². The Morgan fingerprint density at radius 1 is 0.449 bits per heavy atom. The number of hydrogen-bond donors (Lipinski definition) is 7. The maximum absolute atomic E-state index is 14.5. The fraction of sp³-hybridized carbons (Fsp3) is 0.651. The number of nitrogens with one attached hydrogen (secondary N) is 6. The van der Waals surface area contributed by atoms with Crippen LogP contribution in [0.5, 0.6) is 0 Å². The van der Waals surface area contributed by atoms with Gasteiger partial charge in [-0.1, -0.05) is 62.4 Å². The number of alkyl carbamates (subject to hydrolysis) is 1. The molecule has 0 saturated heterocycles. The van der Waals surface area contributed by atoms with Crippen LogP contribution in [-0.2, 0) is 85.8 Å². The number of rotatable bonds is 36. The number of aliphatic hydroxyl groups excluding tert-OH is 1. The summed E-state index contributed by atoms with van der Waals surface area (Å²) in [5.41, 5.74) is 0.233. The van der Waals surface area contributed by atoms with E-state index in [0.29, 0.717) is 6.61 Å². The van der Waals surface area contributed by atoms with Crippen molar-refractivity contribution in [2.75, 3.05) is 72.6 Å². The van der Waals surface area contributed by atoms with Crippen LogP contribution in [0, 0.1) is 5.92 Å². The summed E-state index contributed by atoms with van der Waals surface area (Å²) in [6.45, 7) is 23.6. The Balaban J connectivity index is 1.71. The van der Waals surface area contributed by atoms with Crippen molar-refractivity contribution in [3.63, 3.8) is 0 Å². The van der Waals surface area contributed by atoms with Gasteiger partial charge in [-0.2, -0.15) is 0 Å². The molecule has 2 aromatic carbocycles. The van der Waals surface area contributed by atoms with Gasteiger partial charge in [0.15, 0.2) is 0 Å². The molecule has 498 valence electrons. The highest BCUT2D eigenvalue weighted by molar-refractivity contribution is 5.98. The van der Waals surface area contributed by atoms with Crippen molar-refractivity contribution in [3.8, 4) is 11.1 Å². The summed E-state index contributed by atoms with van der Waals surface area (Å²) >= 11 is 0. The number of hydrogen-bond acceptors (Lipinski definition) is 20. The van der Waals surface area contributed by atoms with Crippen molar-refractivity contribution in [1.82, 2.24) is 31.9 Å². The van der Waals surface area contributed by atoms with Gasteiger partial charge in [0.2, 0.25) is 29.5 Å². The first-order valence-corrected chi connectivity index (χ1v) is 30.0. The minimum absolute atomic E-state index is 0.0222. The Bertz CT molecular complexity index is 2630. The van der Waals surface area contributed by atoms with Crippen LogP contribution in [0.15, 0.2) is 48.5 Å². The first-order valence-electron chi connectivity index (χ1n) is 30.0. The highest BCUT2D eigenvalue weighted by Crippen LogP contribution is 2.44. The fourth-order valence-corrected chi connectivity index (χ4v) is 8.69. The molecule has 0 heterocycles. The summed E-state index contributed by atoms with van der Waals surface area (Å²) in [5.74, 6) is -9.06. The lowest BCUT2D eigenvalue weighted by Crippen LogP contribution is -2.61. The predicted octanol–water partition coefficient (Wildman–Crippen LogP) is 3.98. The van der Waals surface area contributed by atoms with E-state index in [9.17, 15) is 53.1 Å². The molecule has 26 nitrogen and oxygen atoms in total. The zero-order chi connectivity index (χ0) is 66.7. The highest BCUT2D eigenvalue weighted by Gasteiger charge is 2.37. The number of carbonyl (C=O) groups excluding carboxylic acids is 10. The number of fused-ring (bicyclic) bond motifs is 3. The zero-order valence-corrected chi connectivity index (χ0v) is 54.2. The van der Waals surface area contributed by atoms with Gasteiger partial charge in [-0.05, 0) is 118 Å². The van der Waals surface area contributed by atoms with Gasteiger partial charge in [0.25, 0.3) is 0 Å². The molecular weight excluding hydrogens is 1160 g/mol. The van der Waals surface area contributed by atoms with Crippen LogP contribution in [0.4, 0.5) is 4.79 Å². The van der Waals surface area contributed by atoms with Gasteiger partial charge in [-0.3, -0.25) is 43.2 Å². The quantitative estimate of drug-likeness (QED) is 0.0288. The lowest BCUT2D eigenvalue weighted by atomic mass is 9.98. The third-order valence-corrected chi connectivity index (χ3v) is 12.5. The molecule has 0 aliphatic heterocycles. The molecule has 0 spiro atoms. The Morgan fingerprint density at radius 2 is 0.843 bits per heavy atom. The van der Waals surface area contributed by atoms with Crippen molar-refractivity contribution in [2.45, 2.75) is 188 Å². The number of esters is 4. The van der Waals surface area contributed by atoms with Crippen molar-refractivity contribution in [3.05, 3.63) is 59.7 Å². The molecule has 0 saturated carbocycles. The van der Waals surface area contributed by atoms with Gasteiger partial charge >= 0.3 is 30.0 Å². The second-order valence-electron chi connectivity index (χ2n) is 25.4. The molecule has 7 N–H and O–H groups in total. The van der Waals surface area contributed by atoms with Gasteiger partial charge < -0.3 is 79.6 Å². The normalized spacial score (nSPS) is 14.1. The Kier molecular flexibility index (Phi) is 31.1. The van der Waals surface area contributed by atoms with Crippen LogP contribution < -0.4 is 31.9 Å². The number of amides is 6. The number of ether oxygens (including phenoxy) is 9. The number of aliphatic hydroxyl groups is 1. The molecule has 0 radical (unpaired) electrons. The average Bonchev–Trinajstić information content (AvgIpc) is 2.03. The van der Waals surface area contributed by atoms with E-state index in [1.54, 1.807) is 96.9 Å². The topological polar surface area (TPSA) is 346 Å². The SMILES string of the molecule is CC(C)[C@H](NC(=O)[C@H](CCC(=O)OC(C)(C)C)NC(=O)[C@H](CC(=O)OC(C)(C)C)NC(=O)OCC1c2ccccc2-c2ccccc21)C(=O)N[C@@H](CC(=O)OC(C)(C)C)C(=O)N[C@@H](CO)C(=O)NCCOCCOCCOCCOCCC(=O)OC(C)(C)C. The molecule has 0 unspecified atom stereocenters. The lowest BCUT2D eigenvalue weighted by molar-refractivity contribution is -0.157. The Hall–Kier alpha value is -7.26. The van der Waals surface area contributed by atoms with E-state index in [-0.39, 0.29) is 77.7 Å². The third kappa shape index (κ3) is 30.2. The van der Waals surface area contributed by atoms with Crippen LogP contribution in [0.1, 0.15) is 146 Å². The van der Waals surface area contributed by atoms with Crippen LogP contribution >= 0.6 is 0 Å². The second-order valence-corrected chi connectivity index (χ2v) is 25.4.